The number of aryl methyl sites for hydroxylation is 4. The number of rotatable bonds is 9. The number of pyridine rings is 1. The lowest BCUT2D eigenvalue weighted by Gasteiger charge is -2.32. The van der Waals surface area contributed by atoms with Crippen LogP contribution in [0.3, 0.4) is 0 Å². The maximum absolute atomic E-state index is 12.7. The summed E-state index contributed by atoms with van der Waals surface area (Å²) in [7, 11) is 0. The van der Waals surface area contributed by atoms with E-state index in [9.17, 15) is 4.79 Å². The highest BCUT2D eigenvalue weighted by Gasteiger charge is 2.24. The number of benzene rings is 1. The summed E-state index contributed by atoms with van der Waals surface area (Å²) in [6.45, 7) is 9.76. The summed E-state index contributed by atoms with van der Waals surface area (Å²) in [5.74, 6) is 2.26. The minimum atomic E-state index is 0.274. The molecule has 7 heteroatoms. The monoisotopic (exact) mass is 463 g/mol. The van der Waals surface area contributed by atoms with Crippen molar-refractivity contribution in [3.8, 4) is 0 Å². The predicted molar refractivity (Wildman–Crippen MR) is 135 cm³/mol. The number of fused-ring (bicyclic) bond motifs is 1. The minimum Gasteiger partial charge on any atom is -0.382 e. The van der Waals surface area contributed by atoms with Gasteiger partial charge in [-0.25, -0.2) is 9.97 Å². The first-order valence-electron chi connectivity index (χ1n) is 12.5. The summed E-state index contributed by atoms with van der Waals surface area (Å²) in [5, 5.41) is 0. The Morgan fingerprint density at radius 2 is 1.88 bits per heavy atom. The van der Waals surface area contributed by atoms with Crippen LogP contribution < -0.4 is 5.73 Å². The second-order valence-electron chi connectivity index (χ2n) is 9.32. The van der Waals surface area contributed by atoms with Gasteiger partial charge in [0.25, 0.3) is 0 Å². The lowest BCUT2D eigenvalue weighted by Crippen LogP contribution is -2.38. The number of aromatic nitrogens is 3. The van der Waals surface area contributed by atoms with E-state index in [2.05, 4.69) is 28.6 Å². The number of ether oxygens (including phenoxy) is 1. The van der Waals surface area contributed by atoms with E-state index in [0.717, 1.165) is 73.4 Å². The molecule has 0 aliphatic carbocycles. The van der Waals surface area contributed by atoms with E-state index in [1.165, 1.54) is 5.56 Å². The van der Waals surface area contributed by atoms with Crippen LogP contribution in [0.4, 0.5) is 5.82 Å². The van der Waals surface area contributed by atoms with Gasteiger partial charge in [-0.3, -0.25) is 4.79 Å². The number of carbonyl (C=O) groups excluding carboxylic acids is 1. The third-order valence-electron chi connectivity index (χ3n) is 7.11. The lowest BCUT2D eigenvalue weighted by atomic mass is 9.93. The Hall–Kier alpha value is -2.93. The fraction of sp³-hybridized carbons (Fsp3) is 0.519. The van der Waals surface area contributed by atoms with Crippen LogP contribution in [0.15, 0.2) is 30.3 Å². The largest absolute Gasteiger partial charge is 0.382 e. The highest BCUT2D eigenvalue weighted by molar-refractivity contribution is 5.88. The summed E-state index contributed by atoms with van der Waals surface area (Å²) in [5.41, 5.74) is 11.4. The van der Waals surface area contributed by atoms with E-state index in [1.807, 2.05) is 36.9 Å². The topological polar surface area (TPSA) is 86.3 Å². The minimum absolute atomic E-state index is 0.274. The number of imidazole rings is 1. The first kappa shape index (κ1) is 24.2. The standard InChI is InChI=1S/C27H37N5O2/c1-4-34-18-23-30-25-26(19(2)20(3)29-27(25)28)32(23)17-14-22-12-15-31(16-13-22)24(33)11-10-21-8-6-5-7-9-21/h5-9,22H,4,10-18H2,1-3H3,(H2,28,29). The Balaban J connectivity index is 1.37. The van der Waals surface area contributed by atoms with E-state index in [4.69, 9.17) is 15.5 Å². The van der Waals surface area contributed by atoms with Crippen molar-refractivity contribution >= 4 is 22.8 Å². The molecule has 3 heterocycles. The number of hydrogen-bond donors (Lipinski definition) is 1. The number of hydrogen-bond acceptors (Lipinski definition) is 5. The van der Waals surface area contributed by atoms with Crippen molar-refractivity contribution in [1.29, 1.82) is 0 Å². The van der Waals surface area contributed by atoms with Crippen LogP contribution in [0.25, 0.3) is 11.0 Å². The fourth-order valence-electron chi connectivity index (χ4n) is 4.93. The van der Waals surface area contributed by atoms with Gasteiger partial charge in [0.1, 0.15) is 17.9 Å². The smallest absolute Gasteiger partial charge is 0.222 e. The van der Waals surface area contributed by atoms with Gasteiger partial charge in [0.15, 0.2) is 5.82 Å². The van der Waals surface area contributed by atoms with Crippen molar-refractivity contribution in [2.75, 3.05) is 25.4 Å². The molecule has 1 aromatic carbocycles. The maximum Gasteiger partial charge on any atom is 0.222 e. The number of carbonyl (C=O) groups is 1. The van der Waals surface area contributed by atoms with E-state index in [0.29, 0.717) is 31.4 Å². The molecular formula is C27H37N5O2. The van der Waals surface area contributed by atoms with Gasteiger partial charge in [-0.2, -0.15) is 0 Å². The van der Waals surface area contributed by atoms with E-state index in [-0.39, 0.29) is 5.91 Å². The van der Waals surface area contributed by atoms with Crippen LogP contribution in [0.2, 0.25) is 0 Å². The summed E-state index contributed by atoms with van der Waals surface area (Å²) in [4.78, 5) is 24.0. The average molecular weight is 464 g/mol. The zero-order valence-corrected chi connectivity index (χ0v) is 20.7. The number of nitrogens with two attached hydrogens (primary N) is 1. The molecule has 0 spiro atoms. The highest BCUT2D eigenvalue weighted by atomic mass is 16.5. The molecule has 1 aliphatic rings. The molecule has 0 saturated carbocycles. The third kappa shape index (κ3) is 5.41. The molecule has 0 bridgehead atoms. The quantitative estimate of drug-likeness (QED) is 0.507. The van der Waals surface area contributed by atoms with E-state index < -0.39 is 0 Å². The number of anilines is 1. The van der Waals surface area contributed by atoms with Gasteiger partial charge in [-0.05, 0) is 63.5 Å². The molecule has 1 saturated heterocycles. The molecule has 3 aromatic rings. The number of likely N-dealkylation sites (tertiary alicyclic amines) is 1. The van der Waals surface area contributed by atoms with Crippen molar-refractivity contribution in [2.45, 2.75) is 66.0 Å². The van der Waals surface area contributed by atoms with Crippen LogP contribution >= 0.6 is 0 Å². The van der Waals surface area contributed by atoms with Gasteiger partial charge in [-0.1, -0.05) is 30.3 Å². The Morgan fingerprint density at radius 3 is 2.59 bits per heavy atom. The first-order chi connectivity index (χ1) is 16.5. The Kier molecular flexibility index (Phi) is 7.83. The van der Waals surface area contributed by atoms with Gasteiger partial charge < -0.3 is 19.9 Å². The molecule has 4 rings (SSSR count). The van der Waals surface area contributed by atoms with Crippen LogP contribution in [-0.4, -0.2) is 45.0 Å². The Labute approximate surface area is 202 Å². The predicted octanol–water partition coefficient (Wildman–Crippen LogP) is 4.43. The second kappa shape index (κ2) is 11.0. The summed E-state index contributed by atoms with van der Waals surface area (Å²) < 4.78 is 7.98. The summed E-state index contributed by atoms with van der Waals surface area (Å²) in [6, 6.07) is 10.2. The summed E-state index contributed by atoms with van der Waals surface area (Å²) in [6.07, 6.45) is 4.55. The number of amides is 1. The van der Waals surface area contributed by atoms with Crippen molar-refractivity contribution in [3.63, 3.8) is 0 Å². The SMILES string of the molecule is CCOCc1nc2c(N)nc(C)c(C)c2n1CCC1CCN(C(=O)CCc2ccccc2)CC1. The molecule has 1 aliphatic heterocycles. The second-order valence-corrected chi connectivity index (χ2v) is 9.32. The van der Waals surface area contributed by atoms with Crippen LogP contribution in [0.1, 0.15) is 55.3 Å². The summed E-state index contributed by atoms with van der Waals surface area (Å²) >= 11 is 0. The van der Waals surface area contributed by atoms with Crippen LogP contribution in [0.5, 0.6) is 0 Å². The fourth-order valence-corrected chi connectivity index (χ4v) is 4.93. The zero-order valence-electron chi connectivity index (χ0n) is 20.7. The van der Waals surface area contributed by atoms with Crippen molar-refractivity contribution in [1.82, 2.24) is 19.4 Å². The normalized spacial score (nSPS) is 14.7. The molecule has 1 amide bonds. The molecular weight excluding hydrogens is 426 g/mol. The first-order valence-corrected chi connectivity index (χ1v) is 12.5. The highest BCUT2D eigenvalue weighted by Crippen LogP contribution is 2.29. The number of nitrogens with zero attached hydrogens (tertiary/aromatic N) is 4. The Bertz CT molecular complexity index is 1120. The Morgan fingerprint density at radius 1 is 1.15 bits per heavy atom. The molecule has 0 radical (unpaired) electrons. The van der Waals surface area contributed by atoms with Gasteiger partial charge in [0, 0.05) is 38.4 Å². The third-order valence-corrected chi connectivity index (χ3v) is 7.11. The molecule has 7 nitrogen and oxygen atoms in total. The maximum atomic E-state index is 12.7. The molecule has 0 atom stereocenters. The molecule has 0 unspecified atom stereocenters. The van der Waals surface area contributed by atoms with Gasteiger partial charge in [0.2, 0.25) is 5.91 Å². The van der Waals surface area contributed by atoms with Gasteiger partial charge in [0.05, 0.1) is 5.52 Å². The number of piperidine rings is 1. The van der Waals surface area contributed by atoms with E-state index >= 15 is 0 Å². The molecule has 2 N–H and O–H groups in total. The van der Waals surface area contributed by atoms with Crippen LogP contribution in [-0.2, 0) is 29.1 Å². The van der Waals surface area contributed by atoms with Crippen molar-refractivity contribution < 1.29 is 9.53 Å². The van der Waals surface area contributed by atoms with Gasteiger partial charge >= 0.3 is 0 Å². The van der Waals surface area contributed by atoms with Crippen LogP contribution in [0, 0.1) is 19.8 Å². The van der Waals surface area contributed by atoms with Crippen molar-refractivity contribution in [2.24, 2.45) is 5.92 Å². The zero-order chi connectivity index (χ0) is 24.1. The van der Waals surface area contributed by atoms with E-state index in [1.54, 1.807) is 0 Å². The van der Waals surface area contributed by atoms with Crippen molar-refractivity contribution in [3.05, 3.63) is 53.0 Å². The van der Waals surface area contributed by atoms with Gasteiger partial charge in [-0.15, -0.1) is 0 Å². The average Bonchev–Trinajstić information content (AvgIpc) is 3.23. The number of nitrogen functional groups attached to an aromatic ring is 1. The lowest BCUT2D eigenvalue weighted by molar-refractivity contribution is -0.132. The molecule has 182 valence electrons. The molecule has 1 fully saturated rings. The molecule has 34 heavy (non-hydrogen) atoms. The molecule has 2 aromatic heterocycles.